The van der Waals surface area contributed by atoms with E-state index >= 15 is 0 Å². The van der Waals surface area contributed by atoms with Gasteiger partial charge in [-0.25, -0.2) is 0 Å². The van der Waals surface area contributed by atoms with E-state index in [1.54, 1.807) is 7.11 Å². The highest BCUT2D eigenvalue weighted by Crippen LogP contribution is 2.40. The fraction of sp³-hybridized carbons (Fsp3) is 0.400. The molecule has 2 nitrogen and oxygen atoms in total. The van der Waals surface area contributed by atoms with E-state index in [0.29, 0.717) is 18.6 Å². The third kappa shape index (κ3) is 1.78. The van der Waals surface area contributed by atoms with Gasteiger partial charge >= 0.3 is 0 Å². The van der Waals surface area contributed by atoms with Crippen molar-refractivity contribution < 1.29 is 9.53 Å². The lowest BCUT2D eigenvalue weighted by molar-refractivity contribution is -0.118. The Morgan fingerprint density at radius 1 is 1.12 bits per heavy atom. The monoisotopic (exact) mass is 228 g/mol. The number of ketones is 1. The summed E-state index contributed by atoms with van der Waals surface area (Å²) < 4.78 is 5.29. The molecule has 0 heterocycles. The first-order chi connectivity index (χ1) is 8.28. The average Bonchev–Trinajstić information content (AvgIpc) is 2.37. The van der Waals surface area contributed by atoms with Gasteiger partial charge in [-0.1, -0.05) is 11.6 Å². The van der Waals surface area contributed by atoms with E-state index < -0.39 is 0 Å². The lowest BCUT2D eigenvalue weighted by Gasteiger charge is -2.27. The zero-order valence-electron chi connectivity index (χ0n) is 10.1. The fourth-order valence-electron chi connectivity index (χ4n) is 2.91. The number of benzene rings is 1. The molecule has 2 aliphatic carbocycles. The van der Waals surface area contributed by atoms with Gasteiger partial charge in [0.1, 0.15) is 11.5 Å². The minimum Gasteiger partial charge on any atom is -0.497 e. The van der Waals surface area contributed by atoms with Gasteiger partial charge in [-0.3, -0.25) is 4.79 Å². The first-order valence-electron chi connectivity index (χ1n) is 6.18. The van der Waals surface area contributed by atoms with Gasteiger partial charge < -0.3 is 4.74 Å². The minimum atomic E-state index is 0.398. The van der Waals surface area contributed by atoms with Crippen LogP contribution in [0.3, 0.4) is 0 Å². The van der Waals surface area contributed by atoms with Crippen LogP contribution in [0, 0.1) is 0 Å². The van der Waals surface area contributed by atoms with Crippen molar-refractivity contribution in [2.24, 2.45) is 0 Å². The zero-order valence-corrected chi connectivity index (χ0v) is 10.1. The first-order valence-corrected chi connectivity index (χ1v) is 6.18. The molecule has 0 N–H and O–H groups in total. The Balaban J connectivity index is 2.09. The van der Waals surface area contributed by atoms with Crippen LogP contribution in [0.4, 0.5) is 0 Å². The predicted octanol–water partition coefficient (Wildman–Crippen LogP) is 3.15. The number of aryl methyl sites for hydroxylation is 1. The highest BCUT2D eigenvalue weighted by Gasteiger charge is 2.24. The van der Waals surface area contributed by atoms with Crippen LogP contribution in [0.5, 0.6) is 5.75 Å². The number of hydrogen-bond donors (Lipinski definition) is 0. The van der Waals surface area contributed by atoms with E-state index in [0.717, 1.165) is 25.0 Å². The Morgan fingerprint density at radius 3 is 2.82 bits per heavy atom. The third-order valence-electron chi connectivity index (χ3n) is 3.83. The Labute approximate surface area is 101 Å². The van der Waals surface area contributed by atoms with Crippen LogP contribution in [-0.4, -0.2) is 12.9 Å². The maximum atomic E-state index is 11.5. The Hall–Kier alpha value is -1.57. The summed E-state index contributed by atoms with van der Waals surface area (Å²) in [6.07, 6.45) is 4.40. The molecule has 3 rings (SSSR count). The summed E-state index contributed by atoms with van der Waals surface area (Å²) in [5, 5.41) is 0. The molecule has 1 aromatic rings. The predicted molar refractivity (Wildman–Crippen MR) is 67.1 cm³/mol. The number of carbonyl (C=O) groups is 1. The van der Waals surface area contributed by atoms with E-state index in [1.165, 1.54) is 22.3 Å². The lowest BCUT2D eigenvalue weighted by atomic mass is 9.78. The zero-order chi connectivity index (χ0) is 11.8. The second-order valence-electron chi connectivity index (χ2n) is 4.82. The second kappa shape index (κ2) is 4.02. The van der Waals surface area contributed by atoms with Gasteiger partial charge in [0, 0.05) is 12.8 Å². The number of ether oxygens (including phenoxy) is 1. The van der Waals surface area contributed by atoms with Crippen LogP contribution in [0.25, 0.3) is 5.57 Å². The molecule has 0 saturated carbocycles. The molecule has 2 aliphatic rings. The number of fused-ring (bicyclic) bond motifs is 2. The number of allylic oxidation sites excluding steroid dienone is 2. The van der Waals surface area contributed by atoms with E-state index in [9.17, 15) is 4.79 Å². The van der Waals surface area contributed by atoms with Crippen molar-refractivity contribution in [2.75, 3.05) is 7.11 Å². The van der Waals surface area contributed by atoms with Gasteiger partial charge in [0.05, 0.1) is 7.11 Å². The van der Waals surface area contributed by atoms with Crippen molar-refractivity contribution in [2.45, 2.75) is 32.1 Å². The number of hydrogen-bond acceptors (Lipinski definition) is 2. The van der Waals surface area contributed by atoms with Gasteiger partial charge in [0.15, 0.2) is 0 Å². The molecule has 0 bridgehead atoms. The number of Topliss-reactive ketones (excluding diaryl/α,β-unsaturated/α-hetero) is 1. The van der Waals surface area contributed by atoms with Crippen molar-refractivity contribution in [1.29, 1.82) is 0 Å². The largest absolute Gasteiger partial charge is 0.497 e. The average molecular weight is 228 g/mol. The molecule has 0 amide bonds. The molecule has 0 aliphatic heterocycles. The molecule has 88 valence electrons. The van der Waals surface area contributed by atoms with Crippen molar-refractivity contribution >= 4 is 11.4 Å². The van der Waals surface area contributed by atoms with Crippen LogP contribution in [0.2, 0.25) is 0 Å². The van der Waals surface area contributed by atoms with Crippen LogP contribution in [-0.2, 0) is 11.2 Å². The van der Waals surface area contributed by atoms with E-state index in [-0.39, 0.29) is 0 Å². The molecule has 0 spiro atoms. The molecular formula is C15H16O2. The number of carbonyl (C=O) groups excluding carboxylic acids is 1. The van der Waals surface area contributed by atoms with Gasteiger partial charge in [-0.15, -0.1) is 0 Å². The summed E-state index contributed by atoms with van der Waals surface area (Å²) in [6.45, 7) is 0. The summed E-state index contributed by atoms with van der Waals surface area (Å²) in [7, 11) is 1.70. The van der Waals surface area contributed by atoms with Crippen LogP contribution >= 0.6 is 0 Å². The van der Waals surface area contributed by atoms with E-state index in [4.69, 9.17) is 4.74 Å². The Kier molecular flexibility index (Phi) is 2.50. The third-order valence-corrected chi connectivity index (χ3v) is 3.83. The van der Waals surface area contributed by atoms with E-state index in [2.05, 4.69) is 12.1 Å². The van der Waals surface area contributed by atoms with Gasteiger partial charge in [-0.05, 0) is 48.1 Å². The highest BCUT2D eigenvalue weighted by atomic mass is 16.5. The fourth-order valence-corrected chi connectivity index (χ4v) is 2.91. The molecule has 0 atom stereocenters. The van der Waals surface area contributed by atoms with Crippen molar-refractivity contribution in [3.8, 4) is 5.75 Å². The molecule has 2 heteroatoms. The van der Waals surface area contributed by atoms with Crippen molar-refractivity contribution in [3.05, 3.63) is 34.9 Å². The normalized spacial score (nSPS) is 18.8. The van der Waals surface area contributed by atoms with Crippen molar-refractivity contribution in [3.63, 3.8) is 0 Å². The molecule has 17 heavy (non-hydrogen) atoms. The number of rotatable bonds is 1. The van der Waals surface area contributed by atoms with Crippen LogP contribution in [0.15, 0.2) is 23.8 Å². The Bertz CT molecular complexity index is 512. The van der Waals surface area contributed by atoms with Crippen LogP contribution < -0.4 is 4.74 Å². The van der Waals surface area contributed by atoms with Gasteiger partial charge in [0.25, 0.3) is 0 Å². The smallest absolute Gasteiger partial charge is 0.137 e. The lowest BCUT2D eigenvalue weighted by Crippen LogP contribution is -2.14. The standard InChI is InChI=1S/C15H16O2/c1-17-13-6-4-10-2-3-11-8-12(16)5-7-14(11)15(10)9-13/h4,6,9H,2-3,5,7-8H2,1H3. The van der Waals surface area contributed by atoms with Gasteiger partial charge in [-0.2, -0.15) is 0 Å². The maximum Gasteiger partial charge on any atom is 0.137 e. The summed E-state index contributed by atoms with van der Waals surface area (Å²) in [5.74, 6) is 1.31. The summed E-state index contributed by atoms with van der Waals surface area (Å²) in [6, 6.07) is 6.31. The molecule has 0 fully saturated rings. The van der Waals surface area contributed by atoms with Gasteiger partial charge in [0.2, 0.25) is 0 Å². The molecule has 0 aromatic heterocycles. The minimum absolute atomic E-state index is 0.398. The topological polar surface area (TPSA) is 26.3 Å². The summed E-state index contributed by atoms with van der Waals surface area (Å²) in [4.78, 5) is 11.5. The molecule has 1 aromatic carbocycles. The molecule has 0 radical (unpaired) electrons. The summed E-state index contributed by atoms with van der Waals surface area (Å²) >= 11 is 0. The molecule has 0 unspecified atom stereocenters. The van der Waals surface area contributed by atoms with Crippen molar-refractivity contribution in [1.82, 2.24) is 0 Å². The number of methoxy groups -OCH3 is 1. The maximum absolute atomic E-state index is 11.5. The van der Waals surface area contributed by atoms with E-state index in [1.807, 2.05) is 6.07 Å². The molecule has 0 saturated heterocycles. The quantitative estimate of drug-likeness (QED) is 0.738. The first kappa shape index (κ1) is 10.6. The Morgan fingerprint density at radius 2 is 2.00 bits per heavy atom. The second-order valence-corrected chi connectivity index (χ2v) is 4.82. The van der Waals surface area contributed by atoms with Crippen LogP contribution in [0.1, 0.15) is 36.8 Å². The molecular weight excluding hydrogens is 212 g/mol. The highest BCUT2D eigenvalue weighted by molar-refractivity contribution is 5.90. The summed E-state index contributed by atoms with van der Waals surface area (Å²) in [5.41, 5.74) is 5.49. The SMILES string of the molecule is COc1ccc2c(c1)C1=C(CC2)CC(=O)CC1.